The Morgan fingerprint density at radius 1 is 1.22 bits per heavy atom. The first-order chi connectivity index (χ1) is 15.4. The number of thiophene rings is 1. The number of aromatic nitrogens is 2. The fourth-order valence-electron chi connectivity index (χ4n) is 4.65. The number of imide groups is 1. The minimum atomic E-state index is -1.05. The van der Waals surface area contributed by atoms with Crippen molar-refractivity contribution in [2.45, 2.75) is 38.6 Å². The highest BCUT2D eigenvalue weighted by molar-refractivity contribution is 7.10. The van der Waals surface area contributed by atoms with E-state index in [-0.39, 0.29) is 12.5 Å². The van der Waals surface area contributed by atoms with Crippen LogP contribution < -0.4 is 10.6 Å². The molecule has 32 heavy (non-hydrogen) atoms. The van der Waals surface area contributed by atoms with E-state index in [1.807, 2.05) is 55.6 Å². The molecular weight excluding hydrogens is 426 g/mol. The summed E-state index contributed by atoms with van der Waals surface area (Å²) in [4.78, 5) is 41.0. The lowest BCUT2D eigenvalue weighted by molar-refractivity contribution is -0.134. The zero-order valence-electron chi connectivity index (χ0n) is 17.8. The lowest BCUT2D eigenvalue weighted by Gasteiger charge is -2.31. The number of nitrogens with one attached hydrogen (secondary N) is 2. The molecule has 2 aliphatic rings. The second-order valence-electron chi connectivity index (χ2n) is 8.18. The van der Waals surface area contributed by atoms with Crippen LogP contribution in [0.5, 0.6) is 0 Å². The van der Waals surface area contributed by atoms with Crippen LogP contribution in [-0.4, -0.2) is 39.1 Å². The number of carbonyl (C=O) groups is 3. The van der Waals surface area contributed by atoms with Crippen LogP contribution >= 0.6 is 11.3 Å². The molecule has 5 rings (SSSR count). The smallest absolute Gasteiger partial charge is 0.321 e. The van der Waals surface area contributed by atoms with Gasteiger partial charge >= 0.3 is 6.03 Å². The van der Waals surface area contributed by atoms with Crippen molar-refractivity contribution >= 4 is 34.9 Å². The second-order valence-corrected chi connectivity index (χ2v) is 9.18. The van der Waals surface area contributed by atoms with Crippen molar-refractivity contribution in [1.82, 2.24) is 20.0 Å². The predicted molar refractivity (Wildman–Crippen MR) is 121 cm³/mol. The normalized spacial score (nSPS) is 19.9. The molecule has 0 radical (unpaired) electrons. The van der Waals surface area contributed by atoms with Gasteiger partial charge in [-0.2, -0.15) is 5.10 Å². The van der Waals surface area contributed by atoms with Gasteiger partial charge in [-0.15, -0.1) is 11.3 Å². The lowest BCUT2D eigenvalue weighted by atomic mass is 9.80. The van der Waals surface area contributed by atoms with Gasteiger partial charge < -0.3 is 10.6 Å². The molecule has 2 aromatic heterocycles. The molecule has 0 bridgehead atoms. The number of para-hydroxylation sites is 1. The van der Waals surface area contributed by atoms with Gasteiger partial charge in [-0.1, -0.05) is 18.2 Å². The van der Waals surface area contributed by atoms with Crippen LogP contribution in [0.2, 0.25) is 0 Å². The van der Waals surface area contributed by atoms with Gasteiger partial charge in [-0.25, -0.2) is 9.48 Å². The van der Waals surface area contributed by atoms with E-state index in [2.05, 4.69) is 15.7 Å². The van der Waals surface area contributed by atoms with Crippen LogP contribution in [-0.2, 0) is 21.5 Å². The van der Waals surface area contributed by atoms with Gasteiger partial charge in [0, 0.05) is 10.4 Å². The standard InChI is InChI=1S/C23H23N5O3S/c1-14-20(15(2)28(26-14)16-7-4-3-5-8-16)24-19(29)13-27-21(30)23(25-22(27)31)11-6-9-18-17(23)10-12-32-18/h3-5,7-8,10,12H,6,9,11,13H2,1-2H3,(H,24,29)(H,25,31)/t23-/m1/s1. The molecule has 1 spiro atoms. The molecule has 0 saturated carbocycles. The summed E-state index contributed by atoms with van der Waals surface area (Å²) in [6.45, 7) is 3.33. The number of fused-ring (bicyclic) bond motifs is 2. The Labute approximate surface area is 189 Å². The average molecular weight is 450 g/mol. The van der Waals surface area contributed by atoms with Crippen molar-refractivity contribution in [3.8, 4) is 5.69 Å². The van der Waals surface area contributed by atoms with Crippen LogP contribution in [0.15, 0.2) is 41.8 Å². The number of carbonyl (C=O) groups excluding carboxylic acids is 3. The van der Waals surface area contributed by atoms with Crippen LogP contribution in [0.3, 0.4) is 0 Å². The molecule has 4 amide bonds. The van der Waals surface area contributed by atoms with Crippen LogP contribution in [0.4, 0.5) is 10.5 Å². The highest BCUT2D eigenvalue weighted by Crippen LogP contribution is 2.42. The molecule has 1 aliphatic carbocycles. The number of benzene rings is 1. The summed E-state index contributed by atoms with van der Waals surface area (Å²) in [5.41, 5.74) is 2.71. The van der Waals surface area contributed by atoms with E-state index in [9.17, 15) is 14.4 Å². The van der Waals surface area contributed by atoms with Gasteiger partial charge in [0.05, 0.1) is 22.8 Å². The average Bonchev–Trinajstić information content (AvgIpc) is 3.44. The highest BCUT2D eigenvalue weighted by atomic mass is 32.1. The van der Waals surface area contributed by atoms with E-state index in [0.717, 1.165) is 39.6 Å². The quantitative estimate of drug-likeness (QED) is 0.598. The summed E-state index contributed by atoms with van der Waals surface area (Å²) in [5.74, 6) is -0.795. The minimum Gasteiger partial charge on any atom is -0.321 e. The second kappa shape index (κ2) is 7.59. The number of hydrogen-bond donors (Lipinski definition) is 2. The maximum Gasteiger partial charge on any atom is 0.325 e. The van der Waals surface area contributed by atoms with Crippen molar-refractivity contribution in [3.05, 3.63) is 63.6 Å². The summed E-state index contributed by atoms with van der Waals surface area (Å²) in [7, 11) is 0. The molecule has 164 valence electrons. The Hall–Kier alpha value is -3.46. The van der Waals surface area contributed by atoms with Gasteiger partial charge in [-0.3, -0.25) is 14.5 Å². The largest absolute Gasteiger partial charge is 0.325 e. The fourth-order valence-corrected chi connectivity index (χ4v) is 5.65. The Morgan fingerprint density at radius 3 is 2.78 bits per heavy atom. The molecule has 2 N–H and O–H groups in total. The number of urea groups is 1. The Kier molecular flexibility index (Phi) is 4.85. The maximum atomic E-state index is 13.3. The zero-order valence-corrected chi connectivity index (χ0v) is 18.7. The number of aryl methyl sites for hydroxylation is 2. The van der Waals surface area contributed by atoms with Crippen LogP contribution in [0, 0.1) is 13.8 Å². The fraction of sp³-hybridized carbons (Fsp3) is 0.304. The molecule has 3 aromatic rings. The van der Waals surface area contributed by atoms with E-state index in [1.165, 1.54) is 0 Å². The third kappa shape index (κ3) is 3.12. The van der Waals surface area contributed by atoms with Crippen molar-refractivity contribution in [2.24, 2.45) is 0 Å². The summed E-state index contributed by atoms with van der Waals surface area (Å²) in [6.07, 6.45) is 2.26. The summed E-state index contributed by atoms with van der Waals surface area (Å²) < 4.78 is 1.76. The van der Waals surface area contributed by atoms with Gasteiger partial charge in [0.15, 0.2) is 0 Å². The van der Waals surface area contributed by atoms with E-state index in [1.54, 1.807) is 16.0 Å². The molecule has 3 heterocycles. The number of rotatable bonds is 4. The minimum absolute atomic E-state index is 0.346. The first kappa shape index (κ1) is 20.4. The molecule has 1 saturated heterocycles. The number of hydrogen-bond acceptors (Lipinski definition) is 5. The molecule has 0 unspecified atom stereocenters. The number of amides is 4. The van der Waals surface area contributed by atoms with E-state index in [4.69, 9.17) is 0 Å². The van der Waals surface area contributed by atoms with Crippen LogP contribution in [0.1, 0.15) is 34.7 Å². The van der Waals surface area contributed by atoms with Crippen molar-refractivity contribution in [1.29, 1.82) is 0 Å². The highest BCUT2D eigenvalue weighted by Gasteiger charge is 2.54. The molecule has 1 aliphatic heterocycles. The first-order valence-electron chi connectivity index (χ1n) is 10.5. The molecule has 1 aromatic carbocycles. The predicted octanol–water partition coefficient (Wildman–Crippen LogP) is 3.27. The number of anilines is 1. The van der Waals surface area contributed by atoms with Crippen molar-refractivity contribution in [3.63, 3.8) is 0 Å². The SMILES string of the molecule is Cc1nn(-c2ccccc2)c(C)c1NC(=O)CN1C(=O)N[C@@]2(CCCc3sccc32)C1=O. The van der Waals surface area contributed by atoms with E-state index >= 15 is 0 Å². The summed E-state index contributed by atoms with van der Waals surface area (Å²) in [5, 5.41) is 12.2. The monoisotopic (exact) mass is 449 g/mol. The summed E-state index contributed by atoms with van der Waals surface area (Å²) >= 11 is 1.60. The van der Waals surface area contributed by atoms with Crippen LogP contribution in [0.25, 0.3) is 5.69 Å². The molecular formula is C23H23N5O3S. The van der Waals surface area contributed by atoms with Gasteiger partial charge in [-0.05, 0) is 56.7 Å². The van der Waals surface area contributed by atoms with E-state index in [0.29, 0.717) is 17.8 Å². The third-order valence-corrected chi connectivity index (χ3v) is 7.18. The topological polar surface area (TPSA) is 96.3 Å². The Balaban J connectivity index is 1.35. The number of nitrogens with zero attached hydrogens (tertiary/aromatic N) is 3. The van der Waals surface area contributed by atoms with Gasteiger partial charge in [0.25, 0.3) is 5.91 Å². The molecule has 1 fully saturated rings. The van der Waals surface area contributed by atoms with E-state index < -0.39 is 17.5 Å². The third-order valence-electron chi connectivity index (χ3n) is 6.19. The van der Waals surface area contributed by atoms with Crippen molar-refractivity contribution < 1.29 is 14.4 Å². The Bertz CT molecular complexity index is 1230. The zero-order chi connectivity index (χ0) is 22.5. The van der Waals surface area contributed by atoms with Gasteiger partial charge in [0.2, 0.25) is 5.91 Å². The maximum absolute atomic E-state index is 13.3. The summed E-state index contributed by atoms with van der Waals surface area (Å²) in [6, 6.07) is 11.0. The Morgan fingerprint density at radius 2 is 2.00 bits per heavy atom. The van der Waals surface area contributed by atoms with Crippen molar-refractivity contribution in [2.75, 3.05) is 11.9 Å². The van der Waals surface area contributed by atoms with Gasteiger partial charge in [0.1, 0.15) is 12.1 Å². The molecule has 9 heteroatoms. The lowest BCUT2D eigenvalue weighted by Crippen LogP contribution is -2.46. The first-order valence-corrected chi connectivity index (χ1v) is 11.4. The molecule has 1 atom stereocenters. The molecule has 8 nitrogen and oxygen atoms in total.